The van der Waals surface area contributed by atoms with Gasteiger partial charge in [-0.2, -0.15) is 0 Å². The number of aromatic nitrogens is 5. The van der Waals surface area contributed by atoms with Crippen LogP contribution in [0.25, 0.3) is 21.7 Å². The summed E-state index contributed by atoms with van der Waals surface area (Å²) in [6.07, 6.45) is 6.47. The van der Waals surface area contributed by atoms with Crippen LogP contribution in [0.5, 0.6) is 17.5 Å². The Morgan fingerprint density at radius 3 is 2.33 bits per heavy atom. The molecule has 11 rings (SSSR count). The van der Waals surface area contributed by atoms with E-state index >= 15 is 0 Å². The highest BCUT2D eigenvalue weighted by molar-refractivity contribution is 7.46. The van der Waals surface area contributed by atoms with Gasteiger partial charge in [0.25, 0.3) is 5.88 Å². The van der Waals surface area contributed by atoms with Crippen molar-refractivity contribution in [3.05, 3.63) is 102 Å². The SMILES string of the molecule is Cc1ncsc1-c1ccc([C@H](C)NC(=O)[C@@H]2C[C@@H](OP(=O)(O)O)CN2C(=O)[C@@H](c2cc(OCCN3CCC(OC4CC(Oc5cc(N6C7CC[C@@H]6CN(c6cc(-c8ccccc8O)nnc6N)C7)ccn5)C4)CC3)no2)C(C)C)cc1. The van der Waals surface area contributed by atoms with E-state index in [1.165, 1.54) is 4.90 Å². The third-order valence-corrected chi connectivity index (χ3v) is 17.9. The van der Waals surface area contributed by atoms with Crippen molar-refractivity contribution < 1.29 is 52.3 Å². The van der Waals surface area contributed by atoms with E-state index in [2.05, 4.69) is 57.5 Å². The number of pyridine rings is 1. The number of nitrogen functional groups attached to an aromatic ring is 1. The van der Waals surface area contributed by atoms with Crippen LogP contribution in [0.4, 0.5) is 17.2 Å². The smallest absolute Gasteiger partial charge is 0.469 e. The Hall–Kier alpha value is -6.72. The number of phenolic OH excluding ortho intramolecular Hbond substituents is 1. The number of amides is 2. The second kappa shape index (κ2) is 24.0. The van der Waals surface area contributed by atoms with E-state index in [9.17, 15) is 29.0 Å². The molecule has 4 saturated heterocycles. The maximum absolute atomic E-state index is 14.5. The molecule has 24 heteroatoms. The fraction of sp³-hybridized carbons (Fsp3) is 0.491. The highest BCUT2D eigenvalue weighted by Gasteiger charge is 2.47. The van der Waals surface area contributed by atoms with Crippen molar-refractivity contribution in [3.8, 4) is 39.2 Å². The molecule has 1 saturated carbocycles. The van der Waals surface area contributed by atoms with Crippen LogP contribution in [0, 0.1) is 12.8 Å². The fourth-order valence-electron chi connectivity index (χ4n) is 12.2. The Kier molecular flexibility index (Phi) is 16.6. The lowest BCUT2D eigenvalue weighted by atomic mass is 9.91. The topological polar surface area (TPSA) is 277 Å². The minimum atomic E-state index is -4.93. The molecule has 0 radical (unpaired) electrons. The highest BCUT2D eigenvalue weighted by atomic mass is 32.1. The molecule has 2 aromatic carbocycles. The molecule has 8 heterocycles. The predicted octanol–water partition coefficient (Wildman–Crippen LogP) is 7.27. The maximum Gasteiger partial charge on any atom is 0.469 e. The molecular weight excluding hydrogens is 1080 g/mol. The molecule has 2 amide bonds. The number of nitrogens with two attached hydrogens (primary N) is 1. The first-order valence-electron chi connectivity index (χ1n) is 27.9. The zero-order valence-electron chi connectivity index (χ0n) is 45.8. The summed E-state index contributed by atoms with van der Waals surface area (Å²) in [4.78, 5) is 66.3. The number of hydrogen-bond donors (Lipinski definition) is 5. The monoisotopic (exact) mass is 1150 g/mol. The summed E-state index contributed by atoms with van der Waals surface area (Å²) in [6, 6.07) is 21.6. The molecule has 4 aromatic heterocycles. The largest absolute Gasteiger partial charge is 0.507 e. The molecule has 5 fully saturated rings. The molecule has 1 aliphatic carbocycles. The van der Waals surface area contributed by atoms with Gasteiger partial charge in [-0.05, 0) is 86.0 Å². The predicted molar refractivity (Wildman–Crippen MR) is 303 cm³/mol. The number of thiazole rings is 1. The Morgan fingerprint density at radius 2 is 1.63 bits per heavy atom. The van der Waals surface area contributed by atoms with Crippen molar-refractivity contribution in [1.82, 2.24) is 40.4 Å². The number of likely N-dealkylation sites (tertiary alicyclic amines) is 2. The average Bonchev–Trinajstić information content (AvgIpc) is 4.45. The van der Waals surface area contributed by atoms with Crippen LogP contribution in [-0.2, 0) is 23.4 Å². The summed E-state index contributed by atoms with van der Waals surface area (Å²) in [5.41, 5.74) is 14.1. The van der Waals surface area contributed by atoms with E-state index in [4.69, 9.17) is 29.0 Å². The lowest BCUT2D eigenvalue weighted by Crippen LogP contribution is -2.54. The first kappa shape index (κ1) is 56.2. The van der Waals surface area contributed by atoms with Crippen LogP contribution >= 0.6 is 19.2 Å². The number of piperazine rings is 1. The Balaban J connectivity index is 0.617. The third-order valence-electron chi connectivity index (χ3n) is 16.4. The minimum Gasteiger partial charge on any atom is -0.507 e. The number of nitrogens with zero attached hydrogens (tertiary/aromatic N) is 9. The molecule has 2 bridgehead atoms. The normalized spacial score (nSPS) is 23.1. The Bertz CT molecular complexity index is 3210. The van der Waals surface area contributed by atoms with Gasteiger partial charge in [-0.25, -0.2) is 14.5 Å². The number of phosphoric acid groups is 1. The average molecular weight is 1150 g/mol. The number of aryl methyl sites for hydroxylation is 1. The Labute approximate surface area is 474 Å². The Morgan fingerprint density at radius 1 is 0.877 bits per heavy atom. The number of piperidine rings is 1. The quantitative estimate of drug-likeness (QED) is 0.0470. The van der Waals surface area contributed by atoms with E-state index in [-0.39, 0.29) is 66.7 Å². The van der Waals surface area contributed by atoms with Crippen LogP contribution < -0.4 is 30.3 Å². The molecule has 81 heavy (non-hydrogen) atoms. The summed E-state index contributed by atoms with van der Waals surface area (Å²) >= 11 is 1.55. The number of phosphoric ester groups is 1. The van der Waals surface area contributed by atoms with E-state index in [1.54, 1.807) is 35.0 Å². The summed E-state index contributed by atoms with van der Waals surface area (Å²) in [7, 11) is -4.93. The van der Waals surface area contributed by atoms with E-state index < -0.39 is 43.7 Å². The highest BCUT2D eigenvalue weighted by Crippen LogP contribution is 2.43. The second-order valence-electron chi connectivity index (χ2n) is 22.3. The minimum absolute atomic E-state index is 0.0322. The fourth-order valence-corrected chi connectivity index (χ4v) is 13.5. The number of carbonyl (C=O) groups is 2. The van der Waals surface area contributed by atoms with E-state index in [1.807, 2.05) is 76.4 Å². The van der Waals surface area contributed by atoms with Crippen LogP contribution in [0.15, 0.2) is 89.0 Å². The standard InChI is InChI=1S/C57H70N11O11PS/c1-33(2)53(57(71)67-31-44(79-80(72,73)74)26-48(67)56(70)61-34(3)36-9-11-37(12-10-36)54-35(4)60-32-81-54)50-28-52(64-78-50)75-22-21-65-19-16-41(17-20-65)76-42-24-43(25-42)77-51-23-38(15-18-59-51)68-39-13-14-40(68)30-66(29-39)47-27-46(62-63-55(47)58)45-7-5-6-8-49(45)69/h5-12,15,18,23,27-28,32-34,39-44,48,53,69H,13-14,16-17,19-22,24-26,29-31H2,1-4H3,(H2,58,63)(H,61,70)(H2,72,73,74)/t34-,39+,40?,42?,43?,44+,48-,53+/m0/s1. The first-order valence-corrected chi connectivity index (χ1v) is 30.3. The van der Waals surface area contributed by atoms with Crippen molar-refractivity contribution in [3.63, 3.8) is 0 Å². The van der Waals surface area contributed by atoms with E-state index in [0.717, 1.165) is 97.8 Å². The van der Waals surface area contributed by atoms with Gasteiger partial charge in [-0.1, -0.05) is 50.2 Å². The van der Waals surface area contributed by atoms with Crippen molar-refractivity contribution in [2.75, 3.05) is 61.4 Å². The second-order valence-corrected chi connectivity index (χ2v) is 24.3. The summed E-state index contributed by atoms with van der Waals surface area (Å²) in [5, 5.41) is 26.1. The lowest BCUT2D eigenvalue weighted by molar-refractivity contribution is -0.141. The van der Waals surface area contributed by atoms with Gasteiger partial charge in [-0.3, -0.25) is 19.0 Å². The van der Waals surface area contributed by atoms with Gasteiger partial charge in [0, 0.05) is 100 Å². The van der Waals surface area contributed by atoms with Crippen molar-refractivity contribution >= 4 is 48.2 Å². The van der Waals surface area contributed by atoms with Gasteiger partial charge in [-0.15, -0.1) is 21.5 Å². The zero-order valence-corrected chi connectivity index (χ0v) is 47.5. The number of para-hydroxylation sites is 1. The van der Waals surface area contributed by atoms with Gasteiger partial charge in [0.1, 0.15) is 30.4 Å². The molecule has 430 valence electrons. The first-order chi connectivity index (χ1) is 39.0. The number of anilines is 3. The molecule has 6 N–H and O–H groups in total. The van der Waals surface area contributed by atoms with Crippen molar-refractivity contribution in [2.24, 2.45) is 5.92 Å². The maximum atomic E-state index is 14.5. The number of ether oxygens (including phenoxy) is 3. The summed E-state index contributed by atoms with van der Waals surface area (Å²) in [6.45, 7) is 11.5. The van der Waals surface area contributed by atoms with Crippen LogP contribution in [0.3, 0.4) is 0 Å². The number of nitrogens with one attached hydrogen (secondary N) is 1. The molecule has 0 spiro atoms. The number of fused-ring (bicyclic) bond motifs is 2. The number of aromatic hydroxyl groups is 1. The summed E-state index contributed by atoms with van der Waals surface area (Å²) in [5.74, 6) is -0.486. The molecule has 6 aromatic rings. The molecule has 5 aliphatic rings. The molecule has 4 aliphatic heterocycles. The van der Waals surface area contributed by atoms with Crippen LogP contribution in [0.1, 0.15) is 94.7 Å². The number of benzene rings is 2. The number of carbonyl (C=O) groups excluding carboxylic acids is 2. The molecule has 22 nitrogen and oxygen atoms in total. The van der Waals surface area contributed by atoms with Crippen molar-refractivity contribution in [1.29, 1.82) is 0 Å². The van der Waals surface area contributed by atoms with Crippen LogP contribution in [0.2, 0.25) is 0 Å². The van der Waals surface area contributed by atoms with Gasteiger partial charge >= 0.3 is 7.82 Å². The van der Waals surface area contributed by atoms with Crippen LogP contribution in [-0.4, -0.2) is 150 Å². The van der Waals surface area contributed by atoms with Gasteiger partial charge in [0.05, 0.1) is 51.8 Å². The molecule has 6 atom stereocenters. The van der Waals surface area contributed by atoms with Crippen molar-refractivity contribution in [2.45, 2.75) is 127 Å². The summed E-state index contributed by atoms with van der Waals surface area (Å²) < 4.78 is 41.7. The lowest BCUT2D eigenvalue weighted by Gasteiger charge is -2.43. The number of rotatable bonds is 20. The van der Waals surface area contributed by atoms with Gasteiger partial charge < -0.3 is 59.4 Å². The molecule has 1 unspecified atom stereocenters. The van der Waals surface area contributed by atoms with Gasteiger partial charge in [0.2, 0.25) is 17.7 Å². The third kappa shape index (κ3) is 12.8. The van der Waals surface area contributed by atoms with E-state index in [0.29, 0.717) is 36.1 Å². The number of phenols is 1. The molecular formula is C57H70N11O11PS. The zero-order chi connectivity index (χ0) is 56.5. The van der Waals surface area contributed by atoms with Gasteiger partial charge in [0.15, 0.2) is 11.6 Å². The number of hydrogen-bond acceptors (Lipinski definition) is 19.